The van der Waals surface area contributed by atoms with E-state index in [0.717, 1.165) is 0 Å². The molecule has 0 saturated carbocycles. The van der Waals surface area contributed by atoms with Crippen LogP contribution in [0.1, 0.15) is 13.3 Å². The van der Waals surface area contributed by atoms with Crippen molar-refractivity contribution in [3.05, 3.63) is 24.3 Å². The van der Waals surface area contributed by atoms with E-state index >= 15 is 0 Å². The number of rotatable bonds is 3. The smallest absolute Gasteiger partial charge is 0.333 e. The number of esters is 1. The molecular formula is C8H12O2. The normalized spacial score (nSPS) is 10.8. The predicted octanol–water partition coefficient (Wildman–Crippen LogP) is 1.68. The van der Waals surface area contributed by atoms with Crippen molar-refractivity contribution in [3.8, 4) is 0 Å². The quantitative estimate of drug-likeness (QED) is 0.338. The average Bonchev–Trinajstić information content (AvgIpc) is 1.99. The van der Waals surface area contributed by atoms with Crippen LogP contribution in [0.2, 0.25) is 0 Å². The van der Waals surface area contributed by atoms with Crippen LogP contribution < -0.4 is 0 Å². The molecule has 0 rings (SSSR count). The second-order valence-electron chi connectivity index (χ2n) is 1.80. The molecule has 0 aliphatic rings. The molecule has 0 aromatic heterocycles. The zero-order valence-electron chi connectivity index (χ0n) is 6.39. The van der Waals surface area contributed by atoms with E-state index in [9.17, 15) is 4.79 Å². The van der Waals surface area contributed by atoms with Crippen molar-refractivity contribution in [2.24, 2.45) is 0 Å². The molecule has 0 bridgehead atoms. The van der Waals surface area contributed by atoms with Crippen LogP contribution in [-0.2, 0) is 9.53 Å². The first kappa shape index (κ1) is 8.95. The summed E-state index contributed by atoms with van der Waals surface area (Å²) < 4.78 is 4.50. The van der Waals surface area contributed by atoms with E-state index in [1.54, 1.807) is 19.1 Å². The zero-order valence-corrected chi connectivity index (χ0v) is 6.39. The number of hydrogen-bond acceptors (Lipinski definition) is 2. The Bertz CT molecular complexity index is 157. The fourth-order valence-corrected chi connectivity index (χ4v) is 0.606. The molecule has 0 aromatic carbocycles. The molecule has 0 heterocycles. The summed E-state index contributed by atoms with van der Waals surface area (Å²) in [5, 5.41) is 0. The lowest BCUT2D eigenvalue weighted by Crippen LogP contribution is -2.03. The maximum absolute atomic E-state index is 10.8. The van der Waals surface area contributed by atoms with Gasteiger partial charge in [0.2, 0.25) is 0 Å². The summed E-state index contributed by atoms with van der Waals surface area (Å²) in [5.74, 6) is -0.276. The molecule has 0 aliphatic heterocycles. The number of hydrogen-bond donors (Lipinski definition) is 0. The molecule has 10 heavy (non-hydrogen) atoms. The van der Waals surface area contributed by atoms with E-state index in [-0.39, 0.29) is 5.97 Å². The summed E-state index contributed by atoms with van der Waals surface area (Å²) in [7, 11) is 1.37. The van der Waals surface area contributed by atoms with E-state index in [1.165, 1.54) is 7.11 Å². The SMILES string of the molecule is C=CC/C(=C/C)C(=O)OC. The second kappa shape index (κ2) is 4.79. The van der Waals surface area contributed by atoms with Crippen molar-refractivity contribution < 1.29 is 9.53 Å². The van der Waals surface area contributed by atoms with Gasteiger partial charge >= 0.3 is 5.97 Å². The molecule has 0 atom stereocenters. The zero-order chi connectivity index (χ0) is 7.98. The van der Waals surface area contributed by atoms with Crippen LogP contribution in [0.15, 0.2) is 24.3 Å². The number of ether oxygens (including phenoxy) is 1. The highest BCUT2D eigenvalue weighted by molar-refractivity contribution is 5.88. The van der Waals surface area contributed by atoms with Crippen molar-refractivity contribution in [1.82, 2.24) is 0 Å². The van der Waals surface area contributed by atoms with Crippen LogP contribution >= 0.6 is 0 Å². The molecule has 0 amide bonds. The minimum atomic E-state index is -0.276. The number of allylic oxidation sites excluding steroid dienone is 2. The van der Waals surface area contributed by atoms with Crippen molar-refractivity contribution >= 4 is 5.97 Å². The third-order valence-corrected chi connectivity index (χ3v) is 1.16. The van der Waals surface area contributed by atoms with Gasteiger partial charge in [0.05, 0.1) is 7.11 Å². The molecule has 0 saturated heterocycles. The maximum atomic E-state index is 10.8. The first-order chi connectivity index (χ1) is 4.76. The predicted molar refractivity (Wildman–Crippen MR) is 40.6 cm³/mol. The van der Waals surface area contributed by atoms with Gasteiger partial charge in [-0.1, -0.05) is 12.2 Å². The lowest BCUT2D eigenvalue weighted by molar-refractivity contribution is -0.136. The lowest BCUT2D eigenvalue weighted by Gasteiger charge is -1.99. The van der Waals surface area contributed by atoms with E-state index in [1.807, 2.05) is 0 Å². The van der Waals surface area contributed by atoms with Crippen molar-refractivity contribution in [3.63, 3.8) is 0 Å². The van der Waals surface area contributed by atoms with E-state index in [0.29, 0.717) is 12.0 Å². The third-order valence-electron chi connectivity index (χ3n) is 1.16. The van der Waals surface area contributed by atoms with Crippen LogP contribution in [0.3, 0.4) is 0 Å². The summed E-state index contributed by atoms with van der Waals surface area (Å²) >= 11 is 0. The van der Waals surface area contributed by atoms with Gasteiger partial charge in [-0.2, -0.15) is 0 Å². The van der Waals surface area contributed by atoms with Crippen LogP contribution in [0.25, 0.3) is 0 Å². The van der Waals surface area contributed by atoms with Gasteiger partial charge in [-0.3, -0.25) is 0 Å². The molecule has 2 nitrogen and oxygen atoms in total. The second-order valence-corrected chi connectivity index (χ2v) is 1.80. The fourth-order valence-electron chi connectivity index (χ4n) is 0.606. The van der Waals surface area contributed by atoms with Gasteiger partial charge in [0.1, 0.15) is 0 Å². The van der Waals surface area contributed by atoms with Crippen LogP contribution in [0.4, 0.5) is 0 Å². The number of carbonyl (C=O) groups excluding carboxylic acids is 1. The third kappa shape index (κ3) is 2.49. The van der Waals surface area contributed by atoms with E-state index in [4.69, 9.17) is 0 Å². The summed E-state index contributed by atoms with van der Waals surface area (Å²) in [6.45, 7) is 5.32. The Labute approximate surface area is 61.2 Å². The Morgan fingerprint density at radius 2 is 2.30 bits per heavy atom. The van der Waals surface area contributed by atoms with E-state index < -0.39 is 0 Å². The van der Waals surface area contributed by atoms with Gasteiger partial charge in [-0.05, 0) is 13.3 Å². The van der Waals surface area contributed by atoms with Crippen molar-refractivity contribution in [1.29, 1.82) is 0 Å². The van der Waals surface area contributed by atoms with Crippen molar-refractivity contribution in [2.45, 2.75) is 13.3 Å². The van der Waals surface area contributed by atoms with Gasteiger partial charge in [-0.15, -0.1) is 6.58 Å². The highest BCUT2D eigenvalue weighted by atomic mass is 16.5. The van der Waals surface area contributed by atoms with Gasteiger partial charge in [0.25, 0.3) is 0 Å². The maximum Gasteiger partial charge on any atom is 0.333 e. The number of carbonyl (C=O) groups is 1. The Balaban J connectivity index is 4.08. The Morgan fingerprint density at radius 1 is 1.70 bits per heavy atom. The van der Waals surface area contributed by atoms with Crippen LogP contribution in [0, 0.1) is 0 Å². The van der Waals surface area contributed by atoms with Gasteiger partial charge < -0.3 is 4.74 Å². The van der Waals surface area contributed by atoms with Crippen molar-refractivity contribution in [2.75, 3.05) is 7.11 Å². The molecule has 56 valence electrons. The highest BCUT2D eigenvalue weighted by Gasteiger charge is 2.04. The molecular weight excluding hydrogens is 128 g/mol. The molecule has 0 spiro atoms. The number of methoxy groups -OCH3 is 1. The highest BCUT2D eigenvalue weighted by Crippen LogP contribution is 2.02. The molecule has 0 aromatic rings. The monoisotopic (exact) mass is 140 g/mol. The largest absolute Gasteiger partial charge is 0.466 e. The molecule has 0 unspecified atom stereocenters. The van der Waals surface area contributed by atoms with Crippen LogP contribution in [0.5, 0.6) is 0 Å². The molecule has 2 heteroatoms. The molecule has 0 radical (unpaired) electrons. The fraction of sp³-hybridized carbons (Fsp3) is 0.375. The van der Waals surface area contributed by atoms with E-state index in [2.05, 4.69) is 11.3 Å². The summed E-state index contributed by atoms with van der Waals surface area (Å²) in [6, 6.07) is 0. The topological polar surface area (TPSA) is 26.3 Å². The summed E-state index contributed by atoms with van der Waals surface area (Å²) in [4.78, 5) is 10.8. The first-order valence-electron chi connectivity index (χ1n) is 3.10. The standard InChI is InChI=1S/C8H12O2/c1-4-6-7(5-2)8(9)10-3/h4-5H,1,6H2,2-3H3/b7-5-. The minimum absolute atomic E-state index is 0.276. The lowest BCUT2D eigenvalue weighted by atomic mass is 10.2. The van der Waals surface area contributed by atoms with Gasteiger partial charge in [0.15, 0.2) is 0 Å². The average molecular weight is 140 g/mol. The Morgan fingerprint density at radius 3 is 2.60 bits per heavy atom. The Hall–Kier alpha value is -1.05. The first-order valence-corrected chi connectivity index (χ1v) is 3.10. The van der Waals surface area contributed by atoms with Gasteiger partial charge in [-0.25, -0.2) is 4.79 Å². The van der Waals surface area contributed by atoms with Gasteiger partial charge in [0, 0.05) is 5.57 Å². The Kier molecular flexibility index (Phi) is 4.29. The van der Waals surface area contributed by atoms with Crippen LogP contribution in [-0.4, -0.2) is 13.1 Å². The molecule has 0 N–H and O–H groups in total. The summed E-state index contributed by atoms with van der Waals surface area (Å²) in [5.41, 5.74) is 0.650. The summed E-state index contributed by atoms with van der Waals surface area (Å²) in [6.07, 6.45) is 3.98. The molecule has 0 fully saturated rings. The molecule has 0 aliphatic carbocycles. The minimum Gasteiger partial charge on any atom is -0.466 e.